The molecule has 2 heterocycles. The molecule has 14 heavy (non-hydrogen) atoms. The molecule has 2 fully saturated rings. The van der Waals surface area contributed by atoms with Gasteiger partial charge in [0.1, 0.15) is 13.6 Å². The second-order valence-electron chi connectivity index (χ2n) is 3.97. The van der Waals surface area contributed by atoms with E-state index in [2.05, 4.69) is 13.8 Å². The Kier molecular flexibility index (Phi) is 5.40. The van der Waals surface area contributed by atoms with E-state index in [1.54, 1.807) is 0 Å². The van der Waals surface area contributed by atoms with Crippen LogP contribution >= 0.6 is 0 Å². The molecule has 0 aromatic carbocycles. The molecule has 2 saturated heterocycles. The minimum atomic E-state index is 0.0538. The van der Waals surface area contributed by atoms with Crippen molar-refractivity contribution in [3.8, 4) is 0 Å². The van der Waals surface area contributed by atoms with E-state index in [4.69, 9.17) is 18.9 Å². The second kappa shape index (κ2) is 6.35. The number of ether oxygens (including phenoxy) is 4. The zero-order chi connectivity index (χ0) is 10.3. The first-order valence-electron chi connectivity index (χ1n) is 5.08. The summed E-state index contributed by atoms with van der Waals surface area (Å²) in [6.07, 6.45) is 2.06. The third-order valence-corrected chi connectivity index (χ3v) is 2.13. The molecule has 84 valence electrons. The summed E-state index contributed by atoms with van der Waals surface area (Å²) in [7, 11) is 0. The van der Waals surface area contributed by atoms with Gasteiger partial charge in [-0.2, -0.15) is 0 Å². The molecule has 0 unspecified atom stereocenters. The molecule has 0 radical (unpaired) electrons. The van der Waals surface area contributed by atoms with E-state index in [1.165, 1.54) is 0 Å². The Balaban J connectivity index is 0.000000146. The van der Waals surface area contributed by atoms with E-state index in [0.717, 1.165) is 32.7 Å². The van der Waals surface area contributed by atoms with Gasteiger partial charge in [-0.25, -0.2) is 0 Å². The SMILES string of the molecule is C1COCOC1.CC1(C)CCOCO1. The fourth-order valence-corrected chi connectivity index (χ4v) is 1.09. The lowest BCUT2D eigenvalue weighted by molar-refractivity contribution is -0.178. The first-order valence-corrected chi connectivity index (χ1v) is 5.08. The number of hydrogen-bond donors (Lipinski definition) is 0. The van der Waals surface area contributed by atoms with Gasteiger partial charge >= 0.3 is 0 Å². The maximum Gasteiger partial charge on any atom is 0.147 e. The van der Waals surface area contributed by atoms with E-state index < -0.39 is 0 Å². The summed E-state index contributed by atoms with van der Waals surface area (Å²) in [6.45, 7) is 7.71. The summed E-state index contributed by atoms with van der Waals surface area (Å²) in [5.41, 5.74) is 0.0538. The highest BCUT2D eigenvalue weighted by Crippen LogP contribution is 2.17. The van der Waals surface area contributed by atoms with Gasteiger partial charge in [-0.3, -0.25) is 0 Å². The first-order chi connectivity index (χ1) is 6.71. The van der Waals surface area contributed by atoms with Crippen molar-refractivity contribution in [2.45, 2.75) is 32.3 Å². The van der Waals surface area contributed by atoms with Crippen LogP contribution in [0.2, 0.25) is 0 Å². The highest BCUT2D eigenvalue weighted by molar-refractivity contribution is 4.68. The van der Waals surface area contributed by atoms with Crippen LogP contribution in [-0.4, -0.2) is 39.0 Å². The van der Waals surface area contributed by atoms with Crippen LogP contribution in [0.3, 0.4) is 0 Å². The molecule has 0 amide bonds. The predicted molar refractivity (Wildman–Crippen MR) is 52.0 cm³/mol. The highest BCUT2D eigenvalue weighted by Gasteiger charge is 2.21. The van der Waals surface area contributed by atoms with Gasteiger partial charge < -0.3 is 18.9 Å². The normalized spacial score (nSPS) is 26.1. The molecular weight excluding hydrogens is 184 g/mol. The Bertz CT molecular complexity index is 124. The molecule has 0 aromatic heterocycles. The van der Waals surface area contributed by atoms with Crippen molar-refractivity contribution in [1.29, 1.82) is 0 Å². The van der Waals surface area contributed by atoms with Crippen molar-refractivity contribution in [1.82, 2.24) is 0 Å². The summed E-state index contributed by atoms with van der Waals surface area (Å²) in [6, 6.07) is 0. The van der Waals surface area contributed by atoms with Gasteiger partial charge in [-0.1, -0.05) is 0 Å². The number of hydrogen-bond acceptors (Lipinski definition) is 4. The van der Waals surface area contributed by atoms with Crippen molar-refractivity contribution in [3.05, 3.63) is 0 Å². The molecule has 0 N–H and O–H groups in total. The van der Waals surface area contributed by atoms with Gasteiger partial charge in [0, 0.05) is 0 Å². The summed E-state index contributed by atoms with van der Waals surface area (Å²) < 4.78 is 19.9. The lowest BCUT2D eigenvalue weighted by Gasteiger charge is -2.29. The monoisotopic (exact) mass is 204 g/mol. The maximum atomic E-state index is 5.24. The minimum Gasteiger partial charge on any atom is -0.355 e. The molecule has 2 rings (SSSR count). The van der Waals surface area contributed by atoms with Gasteiger partial charge in [0.2, 0.25) is 0 Å². The highest BCUT2D eigenvalue weighted by atomic mass is 16.7. The molecule has 0 aliphatic carbocycles. The van der Waals surface area contributed by atoms with Gasteiger partial charge in [0.15, 0.2) is 0 Å². The quantitative estimate of drug-likeness (QED) is 0.599. The van der Waals surface area contributed by atoms with Gasteiger partial charge in [-0.05, 0) is 26.7 Å². The minimum absolute atomic E-state index is 0.0538. The molecule has 0 spiro atoms. The topological polar surface area (TPSA) is 36.9 Å². The van der Waals surface area contributed by atoms with Crippen molar-refractivity contribution < 1.29 is 18.9 Å². The molecule has 0 aromatic rings. The summed E-state index contributed by atoms with van der Waals surface area (Å²) in [4.78, 5) is 0. The third-order valence-electron chi connectivity index (χ3n) is 2.13. The van der Waals surface area contributed by atoms with Gasteiger partial charge in [0.05, 0.1) is 25.4 Å². The van der Waals surface area contributed by atoms with Crippen LogP contribution < -0.4 is 0 Å². The standard InChI is InChI=1S/C6H12O2.C4H8O2/c1-6(2)3-4-7-5-8-6;1-2-5-4-6-3-1/h3-5H2,1-2H3;1-4H2. The Morgan fingerprint density at radius 1 is 0.857 bits per heavy atom. The van der Waals surface area contributed by atoms with E-state index >= 15 is 0 Å². The number of rotatable bonds is 0. The third kappa shape index (κ3) is 5.54. The average Bonchev–Trinajstić information content (AvgIpc) is 2.21. The molecule has 4 heteroatoms. The van der Waals surface area contributed by atoms with Crippen molar-refractivity contribution in [3.63, 3.8) is 0 Å². The van der Waals surface area contributed by atoms with Crippen molar-refractivity contribution >= 4 is 0 Å². The molecule has 0 atom stereocenters. The van der Waals surface area contributed by atoms with Crippen LogP contribution in [-0.2, 0) is 18.9 Å². The molecule has 2 aliphatic heterocycles. The Morgan fingerprint density at radius 3 is 1.71 bits per heavy atom. The van der Waals surface area contributed by atoms with Crippen LogP contribution in [0.15, 0.2) is 0 Å². The van der Waals surface area contributed by atoms with E-state index in [0.29, 0.717) is 13.6 Å². The van der Waals surface area contributed by atoms with E-state index in [9.17, 15) is 0 Å². The Labute approximate surface area is 85.5 Å². The predicted octanol–water partition coefficient (Wildman–Crippen LogP) is 1.54. The second-order valence-corrected chi connectivity index (χ2v) is 3.97. The fourth-order valence-electron chi connectivity index (χ4n) is 1.09. The van der Waals surface area contributed by atoms with Crippen LogP contribution in [0.25, 0.3) is 0 Å². The van der Waals surface area contributed by atoms with Crippen LogP contribution in [0, 0.1) is 0 Å². The fraction of sp³-hybridized carbons (Fsp3) is 1.00. The van der Waals surface area contributed by atoms with Crippen molar-refractivity contribution in [2.75, 3.05) is 33.4 Å². The smallest absolute Gasteiger partial charge is 0.147 e. The zero-order valence-electron chi connectivity index (χ0n) is 9.08. The van der Waals surface area contributed by atoms with Crippen LogP contribution in [0.5, 0.6) is 0 Å². The maximum absolute atomic E-state index is 5.24. The Hall–Kier alpha value is -0.160. The molecule has 2 aliphatic rings. The average molecular weight is 204 g/mol. The summed E-state index contributed by atoms with van der Waals surface area (Å²) in [5, 5.41) is 0. The zero-order valence-corrected chi connectivity index (χ0v) is 9.08. The molecule has 0 saturated carbocycles. The van der Waals surface area contributed by atoms with Crippen molar-refractivity contribution in [2.24, 2.45) is 0 Å². The van der Waals surface area contributed by atoms with Crippen LogP contribution in [0.4, 0.5) is 0 Å². The van der Waals surface area contributed by atoms with Crippen LogP contribution in [0.1, 0.15) is 26.7 Å². The molecule has 0 bridgehead atoms. The summed E-state index contributed by atoms with van der Waals surface area (Å²) >= 11 is 0. The lowest BCUT2D eigenvalue weighted by atomic mass is 10.1. The van der Waals surface area contributed by atoms with Gasteiger partial charge in [-0.15, -0.1) is 0 Å². The summed E-state index contributed by atoms with van der Waals surface area (Å²) in [5.74, 6) is 0. The lowest BCUT2D eigenvalue weighted by Crippen LogP contribution is -2.32. The van der Waals surface area contributed by atoms with E-state index in [1.807, 2.05) is 0 Å². The Morgan fingerprint density at radius 2 is 1.50 bits per heavy atom. The largest absolute Gasteiger partial charge is 0.355 e. The molecule has 4 nitrogen and oxygen atoms in total. The first kappa shape index (κ1) is 11.9. The molecular formula is C10H20O4. The van der Waals surface area contributed by atoms with E-state index in [-0.39, 0.29) is 5.60 Å². The van der Waals surface area contributed by atoms with Gasteiger partial charge in [0.25, 0.3) is 0 Å².